The van der Waals surface area contributed by atoms with Gasteiger partial charge in [0, 0.05) is 25.0 Å². The standard InChI is InChI=1S/C15H22N2O3S/c1-10(2)17-9-13(8-15(17)18)16-21(19,20)14-7-11(3)5-6-12(14)4/h5-7,10,13,16H,8-9H2,1-4H3. The van der Waals surface area contributed by atoms with Gasteiger partial charge in [0.2, 0.25) is 15.9 Å². The van der Waals surface area contributed by atoms with Crippen LogP contribution in [0.4, 0.5) is 0 Å². The molecule has 1 aliphatic heterocycles. The molecule has 0 spiro atoms. The zero-order valence-electron chi connectivity index (χ0n) is 12.9. The van der Waals surface area contributed by atoms with Crippen LogP contribution >= 0.6 is 0 Å². The van der Waals surface area contributed by atoms with E-state index in [9.17, 15) is 13.2 Å². The van der Waals surface area contributed by atoms with Gasteiger partial charge in [0.1, 0.15) is 0 Å². The third kappa shape index (κ3) is 3.44. The highest BCUT2D eigenvalue weighted by Gasteiger charge is 2.34. The molecule has 1 unspecified atom stereocenters. The first-order valence-corrected chi connectivity index (χ1v) is 8.58. The Hall–Kier alpha value is -1.40. The third-order valence-corrected chi connectivity index (χ3v) is 5.40. The minimum absolute atomic E-state index is 0.00124. The Morgan fingerprint density at radius 1 is 1.29 bits per heavy atom. The van der Waals surface area contributed by atoms with Crippen molar-refractivity contribution in [3.8, 4) is 0 Å². The molecule has 21 heavy (non-hydrogen) atoms. The molecule has 0 aliphatic carbocycles. The van der Waals surface area contributed by atoms with Gasteiger partial charge in [-0.2, -0.15) is 0 Å². The van der Waals surface area contributed by atoms with Crippen molar-refractivity contribution in [2.45, 2.75) is 51.1 Å². The van der Waals surface area contributed by atoms with Crippen molar-refractivity contribution >= 4 is 15.9 Å². The monoisotopic (exact) mass is 310 g/mol. The Balaban J connectivity index is 2.19. The number of carbonyl (C=O) groups excluding carboxylic acids is 1. The molecule has 0 bridgehead atoms. The second kappa shape index (κ2) is 5.77. The Kier molecular flexibility index (Phi) is 4.39. The molecule has 116 valence electrons. The van der Waals surface area contributed by atoms with Gasteiger partial charge < -0.3 is 4.90 Å². The largest absolute Gasteiger partial charge is 0.339 e. The van der Waals surface area contributed by atoms with Gasteiger partial charge in [0.25, 0.3) is 0 Å². The zero-order valence-corrected chi connectivity index (χ0v) is 13.7. The summed E-state index contributed by atoms with van der Waals surface area (Å²) in [4.78, 5) is 13.9. The van der Waals surface area contributed by atoms with Gasteiger partial charge in [0.15, 0.2) is 0 Å². The van der Waals surface area contributed by atoms with Gasteiger partial charge in [-0.25, -0.2) is 13.1 Å². The van der Waals surface area contributed by atoms with Gasteiger partial charge in [-0.1, -0.05) is 12.1 Å². The second-order valence-electron chi connectivity index (χ2n) is 5.93. The normalized spacial score (nSPS) is 19.6. The lowest BCUT2D eigenvalue weighted by Crippen LogP contribution is -2.39. The average molecular weight is 310 g/mol. The fourth-order valence-electron chi connectivity index (χ4n) is 2.59. The van der Waals surface area contributed by atoms with E-state index in [2.05, 4.69) is 4.72 Å². The van der Waals surface area contributed by atoms with Gasteiger partial charge >= 0.3 is 0 Å². The van der Waals surface area contributed by atoms with E-state index < -0.39 is 10.0 Å². The van der Waals surface area contributed by atoms with Crippen molar-refractivity contribution in [1.82, 2.24) is 9.62 Å². The lowest BCUT2D eigenvalue weighted by molar-refractivity contribution is -0.129. The van der Waals surface area contributed by atoms with Crippen LogP contribution in [0.3, 0.4) is 0 Å². The summed E-state index contributed by atoms with van der Waals surface area (Å²) in [6, 6.07) is 5.07. The quantitative estimate of drug-likeness (QED) is 0.918. The summed E-state index contributed by atoms with van der Waals surface area (Å²) in [5.41, 5.74) is 1.60. The molecule has 1 N–H and O–H groups in total. The summed E-state index contributed by atoms with van der Waals surface area (Å²) in [7, 11) is -3.60. The predicted molar refractivity (Wildman–Crippen MR) is 81.5 cm³/mol. The van der Waals surface area contributed by atoms with Gasteiger partial charge in [-0.05, 0) is 44.9 Å². The number of benzene rings is 1. The van der Waals surface area contributed by atoms with Crippen molar-refractivity contribution in [1.29, 1.82) is 0 Å². The van der Waals surface area contributed by atoms with Crippen LogP contribution in [0.2, 0.25) is 0 Å². The number of rotatable bonds is 4. The van der Waals surface area contributed by atoms with Crippen molar-refractivity contribution in [2.75, 3.05) is 6.54 Å². The van der Waals surface area contributed by atoms with Crippen molar-refractivity contribution in [3.63, 3.8) is 0 Å². The number of hydrogen-bond acceptors (Lipinski definition) is 3. The summed E-state index contributed by atoms with van der Waals surface area (Å²) in [5.74, 6) is -0.00124. The fourth-order valence-corrected chi connectivity index (χ4v) is 4.15. The van der Waals surface area contributed by atoms with Gasteiger partial charge in [-0.15, -0.1) is 0 Å². The summed E-state index contributed by atoms with van der Waals surface area (Å²) >= 11 is 0. The number of likely N-dealkylation sites (tertiary alicyclic amines) is 1. The number of carbonyl (C=O) groups is 1. The molecule has 0 saturated carbocycles. The Bertz CT molecular complexity index is 653. The molecule has 0 radical (unpaired) electrons. The highest BCUT2D eigenvalue weighted by Crippen LogP contribution is 2.20. The maximum Gasteiger partial charge on any atom is 0.241 e. The maximum absolute atomic E-state index is 12.5. The molecule has 1 aromatic carbocycles. The molecule has 1 heterocycles. The van der Waals surface area contributed by atoms with Crippen LogP contribution in [0.1, 0.15) is 31.4 Å². The van der Waals surface area contributed by atoms with Crippen LogP contribution in [0.5, 0.6) is 0 Å². The maximum atomic E-state index is 12.5. The van der Waals surface area contributed by atoms with E-state index in [1.807, 2.05) is 26.8 Å². The van der Waals surface area contributed by atoms with E-state index in [1.54, 1.807) is 24.0 Å². The van der Waals surface area contributed by atoms with Crippen LogP contribution in [0.25, 0.3) is 0 Å². The lowest BCUT2D eigenvalue weighted by atomic mass is 10.2. The second-order valence-corrected chi connectivity index (χ2v) is 7.61. The molecule has 1 saturated heterocycles. The zero-order chi connectivity index (χ0) is 15.8. The SMILES string of the molecule is Cc1ccc(C)c(S(=O)(=O)NC2CC(=O)N(C(C)C)C2)c1. The minimum Gasteiger partial charge on any atom is -0.339 e. The van der Waals surface area contributed by atoms with Crippen molar-refractivity contribution in [3.05, 3.63) is 29.3 Å². The highest BCUT2D eigenvalue weighted by atomic mass is 32.2. The van der Waals surface area contributed by atoms with Crippen LogP contribution in [-0.2, 0) is 14.8 Å². The van der Waals surface area contributed by atoms with E-state index in [1.165, 1.54) is 0 Å². The van der Waals surface area contributed by atoms with E-state index in [4.69, 9.17) is 0 Å². The summed E-state index contributed by atoms with van der Waals surface area (Å²) < 4.78 is 27.7. The van der Waals surface area contributed by atoms with Crippen LogP contribution < -0.4 is 4.72 Å². The van der Waals surface area contributed by atoms with E-state index in [0.29, 0.717) is 12.1 Å². The molecule has 0 aromatic heterocycles. The average Bonchev–Trinajstić information content (AvgIpc) is 2.72. The summed E-state index contributed by atoms with van der Waals surface area (Å²) in [6.07, 6.45) is 0.224. The number of aryl methyl sites for hydroxylation is 2. The molecule has 2 rings (SSSR count). The Morgan fingerprint density at radius 2 is 1.95 bits per heavy atom. The number of nitrogens with one attached hydrogen (secondary N) is 1. The fraction of sp³-hybridized carbons (Fsp3) is 0.533. The molecule has 1 fully saturated rings. The predicted octanol–water partition coefficient (Wildman–Crippen LogP) is 1.59. The molecule has 1 atom stereocenters. The number of sulfonamides is 1. The van der Waals surface area contributed by atoms with Gasteiger partial charge in [0.05, 0.1) is 4.90 Å². The lowest BCUT2D eigenvalue weighted by Gasteiger charge is -2.21. The Morgan fingerprint density at radius 3 is 2.52 bits per heavy atom. The molecule has 1 amide bonds. The van der Waals surface area contributed by atoms with Crippen molar-refractivity contribution in [2.24, 2.45) is 0 Å². The first kappa shape index (κ1) is 16.0. The smallest absolute Gasteiger partial charge is 0.241 e. The molecule has 5 nitrogen and oxygen atoms in total. The number of amides is 1. The third-order valence-electron chi connectivity index (χ3n) is 3.74. The van der Waals surface area contributed by atoms with E-state index in [0.717, 1.165) is 5.56 Å². The Labute approximate surface area is 126 Å². The van der Waals surface area contributed by atoms with E-state index >= 15 is 0 Å². The minimum atomic E-state index is -3.60. The molecule has 1 aliphatic rings. The summed E-state index contributed by atoms with van der Waals surface area (Å²) in [5, 5.41) is 0. The van der Waals surface area contributed by atoms with Crippen LogP contribution in [0.15, 0.2) is 23.1 Å². The first-order valence-electron chi connectivity index (χ1n) is 7.10. The van der Waals surface area contributed by atoms with Crippen LogP contribution in [-0.4, -0.2) is 37.9 Å². The van der Waals surface area contributed by atoms with Crippen molar-refractivity contribution < 1.29 is 13.2 Å². The molecular weight excluding hydrogens is 288 g/mol. The summed E-state index contributed by atoms with van der Waals surface area (Å²) in [6.45, 7) is 7.92. The van der Waals surface area contributed by atoms with Gasteiger partial charge in [-0.3, -0.25) is 4.79 Å². The highest BCUT2D eigenvalue weighted by molar-refractivity contribution is 7.89. The molecule has 1 aromatic rings. The van der Waals surface area contributed by atoms with Crippen LogP contribution in [0, 0.1) is 13.8 Å². The topological polar surface area (TPSA) is 66.5 Å². The first-order chi connectivity index (χ1) is 9.70. The number of hydrogen-bond donors (Lipinski definition) is 1. The molecular formula is C15H22N2O3S. The molecule has 6 heteroatoms. The van der Waals surface area contributed by atoms with E-state index in [-0.39, 0.29) is 29.3 Å². The number of nitrogens with zero attached hydrogens (tertiary/aromatic N) is 1.